The van der Waals surface area contributed by atoms with E-state index in [1.54, 1.807) is 0 Å². The fourth-order valence-electron chi connectivity index (χ4n) is 2.66. The molecule has 2 aromatic carbocycles. The predicted octanol–water partition coefficient (Wildman–Crippen LogP) is 3.57. The first-order chi connectivity index (χ1) is 9.83. The van der Waals surface area contributed by atoms with Crippen LogP contribution in [0.25, 0.3) is 27.8 Å². The second-order valence-corrected chi connectivity index (χ2v) is 4.86. The number of nitrogens with one attached hydrogen (secondary N) is 2. The van der Waals surface area contributed by atoms with Crippen molar-refractivity contribution in [2.45, 2.75) is 0 Å². The van der Waals surface area contributed by atoms with Gasteiger partial charge in [-0.1, -0.05) is 42.5 Å². The van der Waals surface area contributed by atoms with Crippen LogP contribution in [-0.2, 0) is 0 Å². The minimum Gasteiger partial charge on any atom is -0.340 e. The Bertz CT molecular complexity index is 962. The third-order valence-corrected chi connectivity index (χ3v) is 3.58. The first-order valence-electron chi connectivity index (χ1n) is 6.56. The lowest BCUT2D eigenvalue weighted by Gasteiger charge is -2.03. The van der Waals surface area contributed by atoms with E-state index in [2.05, 4.69) is 23.2 Å². The van der Waals surface area contributed by atoms with Crippen LogP contribution in [0, 0.1) is 5.41 Å². The zero-order chi connectivity index (χ0) is 13.5. The fourth-order valence-corrected chi connectivity index (χ4v) is 2.66. The predicted molar refractivity (Wildman–Crippen MR) is 80.5 cm³/mol. The van der Waals surface area contributed by atoms with Crippen LogP contribution in [0.2, 0.25) is 0 Å². The van der Waals surface area contributed by atoms with E-state index in [1.807, 2.05) is 52.9 Å². The van der Waals surface area contributed by atoms with Gasteiger partial charge in [-0.2, -0.15) is 0 Å². The number of aromatic amines is 1. The summed E-state index contributed by atoms with van der Waals surface area (Å²) in [4.78, 5) is 3.37. The van der Waals surface area contributed by atoms with Crippen LogP contribution in [0.5, 0.6) is 0 Å². The Morgan fingerprint density at radius 1 is 0.800 bits per heavy atom. The van der Waals surface area contributed by atoms with E-state index in [0.29, 0.717) is 5.49 Å². The van der Waals surface area contributed by atoms with Crippen molar-refractivity contribution >= 4 is 16.7 Å². The highest BCUT2D eigenvalue weighted by Crippen LogP contribution is 2.21. The molecule has 0 atom stereocenters. The standard InChI is InChI=1S/C17H13N3/c18-16-10-13(12-6-2-1-3-7-12)11-17-19-14-8-4-5-9-15(14)20(16)17/h1-11,18-19H. The molecule has 0 bridgehead atoms. The van der Waals surface area contributed by atoms with Crippen molar-refractivity contribution in [1.29, 1.82) is 5.41 Å². The van der Waals surface area contributed by atoms with Crippen molar-refractivity contribution in [2.75, 3.05) is 0 Å². The molecule has 0 unspecified atom stereocenters. The van der Waals surface area contributed by atoms with Crippen LogP contribution in [0.1, 0.15) is 0 Å². The van der Waals surface area contributed by atoms with Crippen molar-refractivity contribution in [1.82, 2.24) is 9.38 Å². The van der Waals surface area contributed by atoms with E-state index in [1.165, 1.54) is 0 Å². The number of H-pyrrole nitrogens is 1. The third kappa shape index (κ3) is 1.57. The Morgan fingerprint density at radius 2 is 1.55 bits per heavy atom. The monoisotopic (exact) mass is 259 g/mol. The van der Waals surface area contributed by atoms with E-state index in [4.69, 9.17) is 5.41 Å². The summed E-state index contributed by atoms with van der Waals surface area (Å²) < 4.78 is 1.93. The number of benzene rings is 2. The fraction of sp³-hybridized carbons (Fsp3) is 0. The van der Waals surface area contributed by atoms with Crippen molar-refractivity contribution in [3.8, 4) is 11.1 Å². The maximum Gasteiger partial charge on any atom is 0.131 e. The highest BCUT2D eigenvalue weighted by atomic mass is 15.0. The van der Waals surface area contributed by atoms with Gasteiger partial charge >= 0.3 is 0 Å². The van der Waals surface area contributed by atoms with Crippen molar-refractivity contribution < 1.29 is 0 Å². The van der Waals surface area contributed by atoms with Gasteiger partial charge in [0.05, 0.1) is 11.0 Å². The zero-order valence-electron chi connectivity index (χ0n) is 10.8. The molecule has 0 aliphatic heterocycles. The molecule has 0 spiro atoms. The number of nitrogens with zero attached hydrogens (tertiary/aromatic N) is 1. The molecule has 20 heavy (non-hydrogen) atoms. The summed E-state index contributed by atoms with van der Waals surface area (Å²) in [6.07, 6.45) is 0. The normalized spacial score (nSPS) is 11.2. The van der Waals surface area contributed by atoms with Gasteiger partial charge in [0, 0.05) is 0 Å². The molecule has 2 N–H and O–H groups in total. The average Bonchev–Trinajstić information content (AvgIpc) is 2.87. The molecule has 0 aliphatic carbocycles. The third-order valence-electron chi connectivity index (χ3n) is 3.58. The van der Waals surface area contributed by atoms with Gasteiger partial charge in [-0.15, -0.1) is 0 Å². The smallest absolute Gasteiger partial charge is 0.131 e. The minimum atomic E-state index is 0.485. The van der Waals surface area contributed by atoms with Crippen LogP contribution in [0.4, 0.5) is 0 Å². The Morgan fingerprint density at radius 3 is 2.40 bits per heavy atom. The second kappa shape index (κ2) is 4.10. The van der Waals surface area contributed by atoms with Crippen LogP contribution in [0.15, 0.2) is 66.7 Å². The molecule has 0 radical (unpaired) electrons. The van der Waals surface area contributed by atoms with Gasteiger partial charge in [0.15, 0.2) is 0 Å². The summed E-state index contributed by atoms with van der Waals surface area (Å²) in [5.41, 5.74) is 5.69. The number of rotatable bonds is 1. The summed E-state index contributed by atoms with van der Waals surface area (Å²) in [7, 11) is 0. The number of pyridine rings is 1. The summed E-state index contributed by atoms with van der Waals surface area (Å²) in [5, 5.41) is 8.30. The summed E-state index contributed by atoms with van der Waals surface area (Å²) in [5.74, 6) is 0. The van der Waals surface area contributed by atoms with E-state index in [9.17, 15) is 0 Å². The minimum absolute atomic E-state index is 0.485. The van der Waals surface area contributed by atoms with Gasteiger partial charge in [0.2, 0.25) is 0 Å². The first-order valence-corrected chi connectivity index (χ1v) is 6.56. The maximum absolute atomic E-state index is 8.30. The Kier molecular flexibility index (Phi) is 2.27. The molecule has 3 heteroatoms. The van der Waals surface area contributed by atoms with Gasteiger partial charge in [-0.25, -0.2) is 0 Å². The van der Waals surface area contributed by atoms with Gasteiger partial charge in [0.25, 0.3) is 0 Å². The van der Waals surface area contributed by atoms with Gasteiger partial charge in [0.1, 0.15) is 11.1 Å². The molecule has 0 saturated heterocycles. The molecular formula is C17H13N3. The van der Waals surface area contributed by atoms with E-state index >= 15 is 0 Å². The quantitative estimate of drug-likeness (QED) is 0.525. The number of aromatic nitrogens is 2. The second-order valence-electron chi connectivity index (χ2n) is 4.86. The maximum atomic E-state index is 8.30. The number of hydrogen-bond donors (Lipinski definition) is 2. The number of fused-ring (bicyclic) bond motifs is 3. The molecule has 2 heterocycles. The molecule has 3 nitrogen and oxygen atoms in total. The van der Waals surface area contributed by atoms with Gasteiger partial charge in [-0.3, -0.25) is 9.81 Å². The molecule has 0 saturated carbocycles. The summed E-state index contributed by atoms with van der Waals surface area (Å²) in [6, 6.07) is 22.2. The molecule has 96 valence electrons. The molecule has 0 fully saturated rings. The highest BCUT2D eigenvalue weighted by molar-refractivity contribution is 5.81. The first kappa shape index (κ1) is 11.1. The van der Waals surface area contributed by atoms with Crippen LogP contribution in [-0.4, -0.2) is 9.38 Å². The molecule has 0 aliphatic rings. The highest BCUT2D eigenvalue weighted by Gasteiger charge is 2.06. The Hall–Kier alpha value is -2.81. The Labute approximate surface area is 115 Å². The van der Waals surface area contributed by atoms with Crippen LogP contribution < -0.4 is 5.49 Å². The SMILES string of the molecule is N=c1cc(-c2ccccc2)cc2[nH]c3ccccc3n12. The zero-order valence-corrected chi connectivity index (χ0v) is 10.8. The van der Waals surface area contributed by atoms with Crippen LogP contribution >= 0.6 is 0 Å². The van der Waals surface area contributed by atoms with Gasteiger partial charge in [-0.05, 0) is 35.4 Å². The Balaban J connectivity index is 2.09. The lowest BCUT2D eigenvalue weighted by atomic mass is 10.1. The van der Waals surface area contributed by atoms with Crippen LogP contribution in [0.3, 0.4) is 0 Å². The lowest BCUT2D eigenvalue weighted by Crippen LogP contribution is -2.11. The van der Waals surface area contributed by atoms with Crippen molar-refractivity contribution in [3.05, 3.63) is 72.2 Å². The largest absolute Gasteiger partial charge is 0.340 e. The van der Waals surface area contributed by atoms with E-state index in [0.717, 1.165) is 27.8 Å². The van der Waals surface area contributed by atoms with Gasteiger partial charge < -0.3 is 4.98 Å². The molecule has 2 aromatic heterocycles. The average molecular weight is 259 g/mol. The molecule has 0 amide bonds. The van der Waals surface area contributed by atoms with E-state index < -0.39 is 0 Å². The topological polar surface area (TPSA) is 44.0 Å². The number of imidazole rings is 1. The van der Waals surface area contributed by atoms with Crippen molar-refractivity contribution in [3.63, 3.8) is 0 Å². The molecule has 4 rings (SSSR count). The number of hydrogen-bond acceptors (Lipinski definition) is 1. The molecule has 4 aromatic rings. The summed E-state index contributed by atoms with van der Waals surface area (Å²) in [6.45, 7) is 0. The number of para-hydroxylation sites is 2. The van der Waals surface area contributed by atoms with Crippen molar-refractivity contribution in [2.24, 2.45) is 0 Å². The van der Waals surface area contributed by atoms with E-state index in [-0.39, 0.29) is 0 Å². The lowest BCUT2D eigenvalue weighted by molar-refractivity contribution is 1.04. The molecular weight excluding hydrogens is 246 g/mol. The summed E-state index contributed by atoms with van der Waals surface area (Å²) >= 11 is 0.